The molecule has 0 amide bonds. The van der Waals surface area contributed by atoms with E-state index in [1.165, 1.54) is 38.1 Å². The van der Waals surface area contributed by atoms with Crippen molar-refractivity contribution in [2.45, 2.75) is 4.90 Å². The lowest BCUT2D eigenvalue weighted by Crippen LogP contribution is -2.12. The molecule has 0 N–H and O–H groups in total. The summed E-state index contributed by atoms with van der Waals surface area (Å²) in [5.74, 6) is -1.32. The first-order valence-electron chi connectivity index (χ1n) is 4.87. The largest absolute Gasteiger partial charge is 0.465 e. The standard InChI is InChI=1S/C12H11NO4S/c1-16-11(14)8-4-7(6-13)10(18-3)5-9(8)12(15)17-2/h4-5H,1-3H3. The second-order valence-corrected chi connectivity index (χ2v) is 4.04. The number of rotatable bonds is 3. The van der Waals surface area contributed by atoms with Crippen LogP contribution in [0.15, 0.2) is 17.0 Å². The van der Waals surface area contributed by atoms with Gasteiger partial charge in [0.2, 0.25) is 0 Å². The Labute approximate surface area is 109 Å². The lowest BCUT2D eigenvalue weighted by Gasteiger charge is -2.09. The summed E-state index contributed by atoms with van der Waals surface area (Å²) in [7, 11) is 2.43. The third-order valence-corrected chi connectivity index (χ3v) is 3.05. The molecule has 5 nitrogen and oxygen atoms in total. The smallest absolute Gasteiger partial charge is 0.338 e. The normalized spacial score (nSPS) is 9.44. The van der Waals surface area contributed by atoms with Gasteiger partial charge in [0.15, 0.2) is 0 Å². The number of carbonyl (C=O) groups excluding carboxylic acids is 2. The van der Waals surface area contributed by atoms with E-state index >= 15 is 0 Å². The molecule has 0 heterocycles. The van der Waals surface area contributed by atoms with E-state index in [0.29, 0.717) is 10.5 Å². The van der Waals surface area contributed by atoms with Crippen LogP contribution in [0.4, 0.5) is 0 Å². The number of hydrogen-bond acceptors (Lipinski definition) is 6. The molecule has 18 heavy (non-hydrogen) atoms. The zero-order chi connectivity index (χ0) is 13.7. The molecule has 1 aromatic carbocycles. The van der Waals surface area contributed by atoms with Crippen LogP contribution in [0.2, 0.25) is 0 Å². The van der Waals surface area contributed by atoms with E-state index in [1.807, 2.05) is 6.07 Å². The van der Waals surface area contributed by atoms with Gasteiger partial charge in [0, 0.05) is 4.90 Å². The first-order valence-corrected chi connectivity index (χ1v) is 6.10. The van der Waals surface area contributed by atoms with Crippen LogP contribution in [-0.2, 0) is 9.47 Å². The molecule has 1 aromatic rings. The molecule has 0 aromatic heterocycles. The summed E-state index contributed by atoms with van der Waals surface area (Å²) in [6.45, 7) is 0. The molecule has 0 spiro atoms. The van der Waals surface area contributed by atoms with Gasteiger partial charge in [-0.05, 0) is 18.4 Å². The highest BCUT2D eigenvalue weighted by molar-refractivity contribution is 7.98. The van der Waals surface area contributed by atoms with Crippen LogP contribution in [0.3, 0.4) is 0 Å². The summed E-state index contributed by atoms with van der Waals surface area (Å²) >= 11 is 1.31. The van der Waals surface area contributed by atoms with Gasteiger partial charge in [-0.1, -0.05) is 0 Å². The number of nitrogens with zero attached hydrogens (tertiary/aromatic N) is 1. The lowest BCUT2D eigenvalue weighted by atomic mass is 10.0. The van der Waals surface area contributed by atoms with Crippen molar-refractivity contribution in [3.8, 4) is 6.07 Å². The average Bonchev–Trinajstić information content (AvgIpc) is 2.43. The predicted molar refractivity (Wildman–Crippen MR) is 65.6 cm³/mol. The number of methoxy groups -OCH3 is 2. The van der Waals surface area contributed by atoms with Crippen molar-refractivity contribution in [2.75, 3.05) is 20.5 Å². The molecule has 0 bridgehead atoms. The van der Waals surface area contributed by atoms with Crippen LogP contribution < -0.4 is 0 Å². The highest BCUT2D eigenvalue weighted by Crippen LogP contribution is 2.25. The van der Waals surface area contributed by atoms with Crippen molar-refractivity contribution in [2.24, 2.45) is 0 Å². The van der Waals surface area contributed by atoms with Crippen molar-refractivity contribution in [1.29, 1.82) is 5.26 Å². The number of thioether (sulfide) groups is 1. The Balaban J connectivity index is 3.51. The molecule has 0 aliphatic heterocycles. The number of nitriles is 1. The average molecular weight is 265 g/mol. The summed E-state index contributed by atoms with van der Waals surface area (Å²) in [6, 6.07) is 4.77. The van der Waals surface area contributed by atoms with Gasteiger partial charge in [-0.2, -0.15) is 5.26 Å². The Morgan fingerprint density at radius 3 is 2.06 bits per heavy atom. The summed E-state index contributed by atoms with van der Waals surface area (Å²) < 4.78 is 9.19. The minimum Gasteiger partial charge on any atom is -0.465 e. The Morgan fingerprint density at radius 1 is 1.17 bits per heavy atom. The van der Waals surface area contributed by atoms with Gasteiger partial charge in [0.05, 0.1) is 30.9 Å². The van der Waals surface area contributed by atoms with Crippen LogP contribution in [0.5, 0.6) is 0 Å². The fourth-order valence-corrected chi connectivity index (χ4v) is 1.95. The lowest BCUT2D eigenvalue weighted by molar-refractivity contribution is 0.0555. The Kier molecular flexibility index (Phi) is 4.75. The molecule has 0 unspecified atom stereocenters. The zero-order valence-electron chi connectivity index (χ0n) is 10.1. The van der Waals surface area contributed by atoms with Crippen LogP contribution in [0, 0.1) is 11.3 Å². The first kappa shape index (κ1) is 14.1. The monoisotopic (exact) mass is 265 g/mol. The summed E-state index contributed by atoms with van der Waals surface area (Å²) in [4.78, 5) is 23.8. The maximum atomic E-state index is 11.6. The highest BCUT2D eigenvalue weighted by atomic mass is 32.2. The van der Waals surface area contributed by atoms with E-state index in [9.17, 15) is 9.59 Å². The first-order chi connectivity index (χ1) is 8.58. The quantitative estimate of drug-likeness (QED) is 0.613. The Bertz CT molecular complexity index is 534. The van der Waals surface area contributed by atoms with Crippen LogP contribution in [-0.4, -0.2) is 32.4 Å². The van der Waals surface area contributed by atoms with Crippen molar-refractivity contribution >= 4 is 23.7 Å². The Morgan fingerprint density at radius 2 is 1.67 bits per heavy atom. The van der Waals surface area contributed by atoms with Crippen molar-refractivity contribution in [1.82, 2.24) is 0 Å². The number of benzene rings is 1. The fraction of sp³-hybridized carbons (Fsp3) is 0.250. The SMILES string of the molecule is COC(=O)c1cc(C#N)c(SC)cc1C(=O)OC. The summed E-state index contributed by atoms with van der Waals surface area (Å²) in [5, 5.41) is 8.98. The summed E-state index contributed by atoms with van der Waals surface area (Å²) in [5.41, 5.74) is 0.432. The predicted octanol–water partition coefficient (Wildman–Crippen LogP) is 1.85. The minimum absolute atomic E-state index is 0.0266. The second kappa shape index (κ2) is 6.07. The molecule has 6 heteroatoms. The van der Waals surface area contributed by atoms with E-state index in [4.69, 9.17) is 5.26 Å². The van der Waals surface area contributed by atoms with Gasteiger partial charge in [-0.3, -0.25) is 0 Å². The van der Waals surface area contributed by atoms with Crippen LogP contribution in [0.1, 0.15) is 26.3 Å². The summed E-state index contributed by atoms with van der Waals surface area (Å²) in [6.07, 6.45) is 1.77. The number of esters is 2. The van der Waals surface area contributed by atoms with Crippen LogP contribution >= 0.6 is 11.8 Å². The van der Waals surface area contributed by atoms with Gasteiger partial charge in [-0.25, -0.2) is 9.59 Å². The molecule has 0 aliphatic carbocycles. The zero-order valence-corrected chi connectivity index (χ0v) is 11.0. The van der Waals surface area contributed by atoms with Gasteiger partial charge in [0.1, 0.15) is 6.07 Å². The van der Waals surface area contributed by atoms with E-state index in [0.717, 1.165) is 0 Å². The van der Waals surface area contributed by atoms with Gasteiger partial charge in [-0.15, -0.1) is 11.8 Å². The molecular formula is C12H11NO4S. The molecule has 0 radical (unpaired) electrons. The van der Waals surface area contributed by atoms with E-state index in [1.54, 1.807) is 6.26 Å². The van der Waals surface area contributed by atoms with E-state index in [2.05, 4.69) is 9.47 Å². The number of carbonyl (C=O) groups is 2. The molecule has 1 rings (SSSR count). The third kappa shape index (κ3) is 2.63. The van der Waals surface area contributed by atoms with E-state index in [-0.39, 0.29) is 11.1 Å². The van der Waals surface area contributed by atoms with Crippen molar-refractivity contribution < 1.29 is 19.1 Å². The topological polar surface area (TPSA) is 76.4 Å². The molecule has 0 fully saturated rings. The molecule has 0 aliphatic rings. The Hall–Kier alpha value is -2.00. The van der Waals surface area contributed by atoms with Crippen molar-refractivity contribution in [3.63, 3.8) is 0 Å². The van der Waals surface area contributed by atoms with E-state index < -0.39 is 11.9 Å². The number of hydrogen-bond donors (Lipinski definition) is 0. The van der Waals surface area contributed by atoms with Crippen LogP contribution in [0.25, 0.3) is 0 Å². The molecule has 0 saturated carbocycles. The second-order valence-electron chi connectivity index (χ2n) is 3.19. The van der Waals surface area contributed by atoms with Crippen molar-refractivity contribution in [3.05, 3.63) is 28.8 Å². The van der Waals surface area contributed by atoms with Gasteiger partial charge < -0.3 is 9.47 Å². The maximum Gasteiger partial charge on any atom is 0.338 e. The number of ether oxygens (including phenoxy) is 2. The van der Waals surface area contributed by atoms with Gasteiger partial charge >= 0.3 is 11.9 Å². The highest BCUT2D eigenvalue weighted by Gasteiger charge is 2.21. The molecule has 0 atom stereocenters. The fourth-order valence-electron chi connectivity index (χ4n) is 1.39. The minimum atomic E-state index is -0.681. The molecular weight excluding hydrogens is 254 g/mol. The molecule has 0 saturated heterocycles. The third-order valence-electron chi connectivity index (χ3n) is 2.27. The van der Waals surface area contributed by atoms with Gasteiger partial charge in [0.25, 0.3) is 0 Å². The molecule has 94 valence electrons. The maximum absolute atomic E-state index is 11.6.